The molecular formula is C24H25N5O4. The number of nitrogens with zero attached hydrogens (tertiary/aromatic N) is 2. The van der Waals surface area contributed by atoms with Crippen LogP contribution < -0.4 is 24.7 Å². The number of imidazole rings is 1. The highest BCUT2D eigenvalue weighted by molar-refractivity contribution is 5.96. The van der Waals surface area contributed by atoms with Crippen LogP contribution in [0.15, 0.2) is 53.7 Å². The summed E-state index contributed by atoms with van der Waals surface area (Å²) in [6, 6.07) is 11.2. The van der Waals surface area contributed by atoms with Crippen molar-refractivity contribution in [3.63, 3.8) is 0 Å². The van der Waals surface area contributed by atoms with Crippen LogP contribution in [0.2, 0.25) is 0 Å². The predicted molar refractivity (Wildman–Crippen MR) is 129 cm³/mol. The van der Waals surface area contributed by atoms with Crippen LogP contribution in [0.25, 0.3) is 28.4 Å². The van der Waals surface area contributed by atoms with Crippen molar-refractivity contribution in [1.82, 2.24) is 15.0 Å². The van der Waals surface area contributed by atoms with Gasteiger partial charge in [-0.1, -0.05) is 0 Å². The van der Waals surface area contributed by atoms with Gasteiger partial charge in [0.25, 0.3) is 0 Å². The second kappa shape index (κ2) is 9.39. The van der Waals surface area contributed by atoms with E-state index in [1.54, 1.807) is 65.0 Å². The molecule has 0 spiro atoms. The van der Waals surface area contributed by atoms with E-state index in [0.717, 1.165) is 22.3 Å². The van der Waals surface area contributed by atoms with Crippen LogP contribution in [-0.2, 0) is 0 Å². The number of rotatable bonds is 8. The Bertz CT molecular complexity index is 1300. The first-order valence-corrected chi connectivity index (χ1v) is 10.1. The largest absolute Gasteiger partial charge is 0.493 e. The lowest BCUT2D eigenvalue weighted by Crippen LogP contribution is -2.06. The summed E-state index contributed by atoms with van der Waals surface area (Å²) < 4.78 is 21.3. The Hall–Kier alpha value is -4.40. The minimum atomic E-state index is 0.324. The fourth-order valence-electron chi connectivity index (χ4n) is 3.41. The standard InChI is InChI=1S/C24H25N5O4/c1-30-19-6-5-15(11-21(19)32-3)27-23(25)7-8-24-26-13-18(29-24)17-9-14-10-20(31-2)22(33-4)12-16(14)28-17/h5-13,28H,1-4H3,(H2,25,27)(H,26,29)/b8-7-. The monoisotopic (exact) mass is 447 g/mol. The number of ether oxygens (including phenoxy) is 4. The van der Waals surface area contributed by atoms with E-state index in [2.05, 4.69) is 19.9 Å². The molecule has 2 aromatic carbocycles. The van der Waals surface area contributed by atoms with Gasteiger partial charge < -0.3 is 34.6 Å². The Kier molecular flexibility index (Phi) is 6.21. The van der Waals surface area contributed by atoms with Gasteiger partial charge in [-0.3, -0.25) is 0 Å². The van der Waals surface area contributed by atoms with Crippen LogP contribution in [0.3, 0.4) is 0 Å². The van der Waals surface area contributed by atoms with E-state index < -0.39 is 0 Å². The summed E-state index contributed by atoms with van der Waals surface area (Å²) in [6.07, 6.45) is 5.19. The third-order valence-electron chi connectivity index (χ3n) is 5.05. The first-order chi connectivity index (χ1) is 16.0. The molecule has 9 heteroatoms. The molecule has 0 amide bonds. The number of aliphatic imine (C=N–C) groups is 1. The van der Waals surface area contributed by atoms with Gasteiger partial charge in [0.2, 0.25) is 0 Å². The Labute approximate surface area is 190 Å². The number of H-pyrrole nitrogens is 2. The van der Waals surface area contributed by atoms with Crippen molar-refractivity contribution in [1.29, 1.82) is 0 Å². The van der Waals surface area contributed by atoms with Crippen LogP contribution in [-0.4, -0.2) is 49.2 Å². The zero-order valence-electron chi connectivity index (χ0n) is 18.8. The van der Waals surface area contributed by atoms with Crippen molar-refractivity contribution in [2.45, 2.75) is 0 Å². The molecule has 4 rings (SSSR count). The molecule has 0 radical (unpaired) electrons. The molecular weight excluding hydrogens is 422 g/mol. The van der Waals surface area contributed by atoms with E-state index in [1.807, 2.05) is 18.2 Å². The molecule has 4 aromatic rings. The van der Waals surface area contributed by atoms with Gasteiger partial charge >= 0.3 is 0 Å². The van der Waals surface area contributed by atoms with Gasteiger partial charge in [0.05, 0.1) is 51.7 Å². The minimum absolute atomic E-state index is 0.324. The van der Waals surface area contributed by atoms with Crippen molar-refractivity contribution in [2.75, 3.05) is 28.4 Å². The topological polar surface area (TPSA) is 120 Å². The zero-order valence-corrected chi connectivity index (χ0v) is 18.8. The second-order valence-corrected chi connectivity index (χ2v) is 7.07. The minimum Gasteiger partial charge on any atom is -0.493 e. The van der Waals surface area contributed by atoms with Crippen LogP contribution in [0.4, 0.5) is 5.69 Å². The number of nitrogens with one attached hydrogen (secondary N) is 2. The summed E-state index contributed by atoms with van der Waals surface area (Å²) in [5, 5.41) is 1.00. The van der Waals surface area contributed by atoms with Crippen molar-refractivity contribution in [3.8, 4) is 34.4 Å². The molecule has 33 heavy (non-hydrogen) atoms. The van der Waals surface area contributed by atoms with E-state index in [-0.39, 0.29) is 0 Å². The van der Waals surface area contributed by atoms with Gasteiger partial charge in [-0.25, -0.2) is 9.98 Å². The number of hydrogen-bond acceptors (Lipinski definition) is 6. The normalized spacial score (nSPS) is 11.8. The third kappa shape index (κ3) is 4.62. The smallest absolute Gasteiger partial charge is 0.162 e. The van der Waals surface area contributed by atoms with Gasteiger partial charge in [0, 0.05) is 23.0 Å². The van der Waals surface area contributed by atoms with Crippen molar-refractivity contribution < 1.29 is 18.9 Å². The molecule has 170 valence electrons. The average Bonchev–Trinajstić information content (AvgIpc) is 3.48. The molecule has 0 atom stereocenters. The van der Waals surface area contributed by atoms with Crippen LogP contribution in [0, 0.1) is 0 Å². The maximum Gasteiger partial charge on any atom is 0.162 e. The quantitative estimate of drug-likeness (QED) is 0.274. The summed E-state index contributed by atoms with van der Waals surface area (Å²) in [7, 11) is 6.38. The van der Waals surface area contributed by atoms with Crippen LogP contribution >= 0.6 is 0 Å². The van der Waals surface area contributed by atoms with E-state index in [1.165, 1.54) is 0 Å². The molecule has 0 fully saturated rings. The molecule has 2 heterocycles. The predicted octanol–water partition coefficient (Wildman–Crippen LogP) is 4.29. The lowest BCUT2D eigenvalue weighted by molar-refractivity contribution is 0.355. The number of fused-ring (bicyclic) bond motifs is 1. The zero-order chi connectivity index (χ0) is 23.4. The summed E-state index contributed by atoms with van der Waals surface area (Å²) >= 11 is 0. The van der Waals surface area contributed by atoms with Crippen LogP contribution in [0.5, 0.6) is 23.0 Å². The lowest BCUT2D eigenvalue weighted by atomic mass is 10.2. The number of aromatic amines is 2. The maximum atomic E-state index is 6.06. The Balaban J connectivity index is 1.53. The highest BCUT2D eigenvalue weighted by Crippen LogP contribution is 2.34. The molecule has 0 aliphatic heterocycles. The summed E-state index contributed by atoms with van der Waals surface area (Å²) in [5.74, 6) is 3.51. The summed E-state index contributed by atoms with van der Waals surface area (Å²) in [5.41, 5.74) is 9.36. The van der Waals surface area contributed by atoms with Gasteiger partial charge in [-0.05, 0) is 36.4 Å². The molecule has 0 aliphatic carbocycles. The van der Waals surface area contributed by atoms with E-state index >= 15 is 0 Å². The lowest BCUT2D eigenvalue weighted by Gasteiger charge is -2.07. The fourth-order valence-corrected chi connectivity index (χ4v) is 3.41. The Morgan fingerprint density at radius 1 is 0.848 bits per heavy atom. The maximum absolute atomic E-state index is 6.06. The number of hydrogen-bond donors (Lipinski definition) is 3. The average molecular weight is 447 g/mol. The number of aromatic nitrogens is 3. The highest BCUT2D eigenvalue weighted by Gasteiger charge is 2.11. The molecule has 2 aromatic heterocycles. The summed E-state index contributed by atoms with van der Waals surface area (Å²) in [6.45, 7) is 0. The number of methoxy groups -OCH3 is 4. The number of amidine groups is 1. The molecule has 0 saturated heterocycles. The van der Waals surface area contributed by atoms with Crippen molar-refractivity contribution >= 4 is 28.5 Å². The van der Waals surface area contributed by atoms with E-state index in [9.17, 15) is 0 Å². The molecule has 0 bridgehead atoms. The van der Waals surface area contributed by atoms with E-state index in [4.69, 9.17) is 24.7 Å². The summed E-state index contributed by atoms with van der Waals surface area (Å²) in [4.78, 5) is 15.4. The third-order valence-corrected chi connectivity index (χ3v) is 5.05. The van der Waals surface area contributed by atoms with Crippen molar-refractivity contribution in [2.24, 2.45) is 10.7 Å². The SMILES string of the molecule is COc1ccc(N=C(N)/C=C\c2ncc(-c3cc4cc(OC)c(OC)cc4[nH]3)[nH]2)cc1OC. The second-order valence-electron chi connectivity index (χ2n) is 7.07. The first-order valence-electron chi connectivity index (χ1n) is 10.1. The van der Waals surface area contributed by atoms with Gasteiger partial charge in [-0.2, -0.15) is 0 Å². The Morgan fingerprint density at radius 2 is 1.55 bits per heavy atom. The van der Waals surface area contributed by atoms with E-state index in [0.29, 0.717) is 40.3 Å². The number of nitrogens with two attached hydrogens (primary N) is 1. The van der Waals surface area contributed by atoms with Gasteiger partial charge in [0.15, 0.2) is 23.0 Å². The molecule has 0 aliphatic rings. The van der Waals surface area contributed by atoms with Gasteiger partial charge in [0.1, 0.15) is 11.7 Å². The first kappa shape index (κ1) is 21.8. The molecule has 0 unspecified atom stereocenters. The van der Waals surface area contributed by atoms with Crippen molar-refractivity contribution in [3.05, 3.63) is 54.5 Å². The number of benzene rings is 2. The van der Waals surface area contributed by atoms with Gasteiger partial charge in [-0.15, -0.1) is 0 Å². The molecule has 4 N–H and O–H groups in total. The molecule has 0 saturated carbocycles. The van der Waals surface area contributed by atoms with Crippen LogP contribution in [0.1, 0.15) is 5.82 Å². The molecule has 9 nitrogen and oxygen atoms in total. The highest BCUT2D eigenvalue weighted by atomic mass is 16.5. The fraction of sp³-hybridized carbons (Fsp3) is 0.167. The Morgan fingerprint density at radius 3 is 2.27 bits per heavy atom.